The van der Waals surface area contributed by atoms with Crippen molar-refractivity contribution < 1.29 is 0 Å². The quantitative estimate of drug-likeness (QED) is 0.717. The van der Waals surface area contributed by atoms with Crippen molar-refractivity contribution in [1.82, 2.24) is 0 Å². The molecule has 0 amide bonds. The van der Waals surface area contributed by atoms with Crippen LogP contribution in [0.5, 0.6) is 0 Å². The first-order valence-corrected chi connectivity index (χ1v) is 6.23. The van der Waals surface area contributed by atoms with Gasteiger partial charge in [0.05, 0.1) is 20.4 Å². The van der Waals surface area contributed by atoms with Gasteiger partial charge in [0.15, 0.2) is 0 Å². The lowest BCUT2D eigenvalue weighted by Gasteiger charge is -1.94. The molecule has 0 aliphatic rings. The second kappa shape index (κ2) is 4.05. The summed E-state index contributed by atoms with van der Waals surface area (Å²) >= 11 is 10.0. The summed E-state index contributed by atoms with van der Waals surface area (Å²) in [4.78, 5) is 0. The van der Waals surface area contributed by atoms with Crippen molar-refractivity contribution >= 4 is 55.6 Å². The number of benzene rings is 1. The molecule has 0 N–H and O–H groups in total. The summed E-state index contributed by atoms with van der Waals surface area (Å²) in [5.41, 5.74) is 1.05. The largest absolute Gasteiger partial charge is 0.198 e. The van der Waals surface area contributed by atoms with E-state index in [4.69, 9.17) is 16.9 Å². The monoisotopic (exact) mass is 333 g/mol. The Labute approximate surface area is 104 Å². The Morgan fingerprint density at radius 2 is 2.29 bits per heavy atom. The van der Waals surface area contributed by atoms with Crippen LogP contribution in [0.15, 0.2) is 18.2 Å². The summed E-state index contributed by atoms with van der Waals surface area (Å²) in [6.45, 7) is 0. The average molecular weight is 334 g/mol. The second-order valence-electron chi connectivity index (χ2n) is 2.86. The number of hydrogen-bond donors (Lipinski definition) is 0. The van der Waals surface area contributed by atoms with Crippen molar-refractivity contribution in [2.45, 2.75) is 6.42 Å². The van der Waals surface area contributed by atoms with E-state index in [0.29, 0.717) is 6.42 Å². The van der Waals surface area contributed by atoms with Gasteiger partial charge in [-0.2, -0.15) is 5.26 Å². The average Bonchev–Trinajstić information content (AvgIpc) is 2.43. The molecule has 1 aromatic heterocycles. The van der Waals surface area contributed by atoms with Gasteiger partial charge in [0, 0.05) is 10.1 Å². The molecule has 70 valence electrons. The first kappa shape index (κ1) is 10.2. The van der Waals surface area contributed by atoms with Crippen molar-refractivity contribution in [2.75, 3.05) is 0 Å². The van der Waals surface area contributed by atoms with Crippen LogP contribution in [0.25, 0.3) is 10.1 Å². The van der Waals surface area contributed by atoms with Gasteiger partial charge in [-0.3, -0.25) is 0 Å². The summed E-state index contributed by atoms with van der Waals surface area (Å²) < 4.78 is 2.26. The Bertz CT molecular complexity index is 527. The molecule has 0 atom stereocenters. The third kappa shape index (κ3) is 1.74. The summed E-state index contributed by atoms with van der Waals surface area (Å²) in [7, 11) is 0. The van der Waals surface area contributed by atoms with Gasteiger partial charge >= 0.3 is 0 Å². The number of halogens is 2. The van der Waals surface area contributed by atoms with Gasteiger partial charge in [0.25, 0.3) is 0 Å². The lowest BCUT2D eigenvalue weighted by molar-refractivity contribution is 1.27. The zero-order valence-electron chi connectivity index (χ0n) is 7.05. The highest BCUT2D eigenvalue weighted by Crippen LogP contribution is 2.36. The van der Waals surface area contributed by atoms with Crippen molar-refractivity contribution in [3.63, 3.8) is 0 Å². The fourth-order valence-electron chi connectivity index (χ4n) is 1.28. The molecular formula is C10H5ClINS. The van der Waals surface area contributed by atoms with Gasteiger partial charge in [0.2, 0.25) is 0 Å². The highest BCUT2D eigenvalue weighted by molar-refractivity contribution is 14.1. The molecule has 1 heterocycles. The summed E-state index contributed by atoms with van der Waals surface area (Å²) in [5, 5.41) is 10.5. The standard InChI is InChI=1S/C10H5ClINS/c11-9-7-2-1-6(3-4-13)5-8(7)14-10(9)12/h1-2,5H,3H2. The maximum Gasteiger partial charge on any atom is 0.0852 e. The minimum atomic E-state index is 0.460. The number of rotatable bonds is 1. The van der Waals surface area contributed by atoms with E-state index in [2.05, 4.69) is 28.7 Å². The van der Waals surface area contributed by atoms with Crippen LogP contribution in [0.3, 0.4) is 0 Å². The van der Waals surface area contributed by atoms with Crippen molar-refractivity contribution in [1.29, 1.82) is 5.26 Å². The Morgan fingerprint density at radius 3 is 3.00 bits per heavy atom. The lowest BCUT2D eigenvalue weighted by Crippen LogP contribution is -1.78. The first-order chi connectivity index (χ1) is 6.72. The van der Waals surface area contributed by atoms with Crippen LogP contribution in [0.2, 0.25) is 5.02 Å². The van der Waals surface area contributed by atoms with Crippen molar-refractivity contribution in [2.24, 2.45) is 0 Å². The van der Waals surface area contributed by atoms with Gasteiger partial charge < -0.3 is 0 Å². The van der Waals surface area contributed by atoms with E-state index in [9.17, 15) is 0 Å². The minimum Gasteiger partial charge on any atom is -0.198 e. The Morgan fingerprint density at radius 1 is 1.50 bits per heavy atom. The highest BCUT2D eigenvalue weighted by atomic mass is 127. The zero-order chi connectivity index (χ0) is 10.1. The van der Waals surface area contributed by atoms with Gasteiger partial charge in [-0.25, -0.2) is 0 Å². The number of nitrogens with zero attached hydrogens (tertiary/aromatic N) is 1. The van der Waals surface area contributed by atoms with E-state index in [1.807, 2.05) is 18.2 Å². The van der Waals surface area contributed by atoms with Crippen LogP contribution in [0, 0.1) is 14.2 Å². The van der Waals surface area contributed by atoms with Crippen molar-refractivity contribution in [3.05, 3.63) is 31.7 Å². The highest BCUT2D eigenvalue weighted by Gasteiger charge is 2.07. The summed E-state index contributed by atoms with van der Waals surface area (Å²) in [5.74, 6) is 0. The van der Waals surface area contributed by atoms with Crippen LogP contribution in [0.1, 0.15) is 5.56 Å². The smallest absolute Gasteiger partial charge is 0.0852 e. The molecule has 4 heteroatoms. The normalized spacial score (nSPS) is 10.4. The van der Waals surface area contributed by atoms with Gasteiger partial charge in [-0.1, -0.05) is 23.7 Å². The SMILES string of the molecule is N#CCc1ccc2c(Cl)c(I)sc2c1. The molecule has 0 radical (unpaired) electrons. The topological polar surface area (TPSA) is 23.8 Å². The molecule has 0 unspecified atom stereocenters. The van der Waals surface area contributed by atoms with Crippen LogP contribution in [-0.2, 0) is 6.42 Å². The lowest BCUT2D eigenvalue weighted by atomic mass is 10.1. The van der Waals surface area contributed by atoms with Gasteiger partial charge in [0.1, 0.15) is 0 Å². The van der Waals surface area contributed by atoms with Crippen LogP contribution in [-0.4, -0.2) is 0 Å². The van der Waals surface area contributed by atoms with E-state index in [0.717, 1.165) is 23.6 Å². The van der Waals surface area contributed by atoms with Gasteiger partial charge in [-0.15, -0.1) is 11.3 Å². The van der Waals surface area contributed by atoms with E-state index >= 15 is 0 Å². The predicted octanol–water partition coefficient (Wildman–Crippen LogP) is 4.23. The molecule has 0 saturated heterocycles. The van der Waals surface area contributed by atoms with E-state index < -0.39 is 0 Å². The first-order valence-electron chi connectivity index (χ1n) is 3.95. The molecule has 1 aromatic carbocycles. The summed E-state index contributed by atoms with van der Waals surface area (Å²) in [6, 6.07) is 8.13. The van der Waals surface area contributed by atoms with E-state index in [-0.39, 0.29) is 0 Å². The van der Waals surface area contributed by atoms with Crippen LogP contribution >= 0.6 is 45.5 Å². The molecule has 0 saturated carbocycles. The molecule has 0 aliphatic heterocycles. The Hall–Kier alpha value is -0.310. The summed E-state index contributed by atoms with van der Waals surface area (Å²) in [6.07, 6.45) is 0.460. The molecule has 2 aromatic rings. The van der Waals surface area contributed by atoms with E-state index in [1.54, 1.807) is 11.3 Å². The Kier molecular flexibility index (Phi) is 2.96. The number of fused-ring (bicyclic) bond motifs is 1. The molecule has 0 fully saturated rings. The molecule has 0 aliphatic carbocycles. The van der Waals surface area contributed by atoms with E-state index in [1.165, 1.54) is 0 Å². The van der Waals surface area contributed by atoms with Crippen LogP contribution < -0.4 is 0 Å². The fourth-order valence-corrected chi connectivity index (χ4v) is 3.50. The molecular weight excluding hydrogens is 329 g/mol. The number of hydrogen-bond acceptors (Lipinski definition) is 2. The minimum absolute atomic E-state index is 0.460. The number of nitriles is 1. The maximum absolute atomic E-state index is 8.58. The maximum atomic E-state index is 8.58. The fraction of sp³-hybridized carbons (Fsp3) is 0.100. The molecule has 1 nitrogen and oxygen atoms in total. The molecule has 0 bridgehead atoms. The van der Waals surface area contributed by atoms with Gasteiger partial charge in [-0.05, 0) is 34.2 Å². The predicted molar refractivity (Wildman–Crippen MR) is 68.9 cm³/mol. The second-order valence-corrected chi connectivity index (χ2v) is 6.10. The zero-order valence-corrected chi connectivity index (χ0v) is 10.8. The third-order valence-corrected chi connectivity index (χ3v) is 4.90. The third-order valence-electron chi connectivity index (χ3n) is 1.94. The number of thiophene rings is 1. The van der Waals surface area contributed by atoms with Crippen LogP contribution in [0.4, 0.5) is 0 Å². The Balaban J connectivity index is 2.63. The molecule has 2 rings (SSSR count). The molecule has 0 spiro atoms. The molecule has 14 heavy (non-hydrogen) atoms. The van der Waals surface area contributed by atoms with Crippen molar-refractivity contribution in [3.8, 4) is 6.07 Å².